The van der Waals surface area contributed by atoms with Gasteiger partial charge in [0.25, 0.3) is 5.91 Å². The van der Waals surface area contributed by atoms with Crippen LogP contribution in [0.1, 0.15) is 30.9 Å². The van der Waals surface area contributed by atoms with Crippen LogP contribution in [0.2, 0.25) is 0 Å². The summed E-state index contributed by atoms with van der Waals surface area (Å²) >= 11 is 0. The van der Waals surface area contributed by atoms with Crippen LogP contribution in [0.5, 0.6) is 5.75 Å². The minimum atomic E-state index is -0.546. The molecule has 0 unspecified atom stereocenters. The van der Waals surface area contributed by atoms with Crippen LogP contribution in [0.3, 0.4) is 0 Å². The van der Waals surface area contributed by atoms with Crippen molar-refractivity contribution >= 4 is 22.6 Å². The first-order valence-corrected chi connectivity index (χ1v) is 10.7. The van der Waals surface area contributed by atoms with Gasteiger partial charge in [0, 0.05) is 10.9 Å². The first kappa shape index (κ1) is 21.5. The zero-order valence-electron chi connectivity index (χ0n) is 18.5. The maximum Gasteiger partial charge on any atom is 0.265 e. The molecule has 0 fully saturated rings. The standard InChI is InChI=1S/C24H20FN7O2/c1-13(2)5-18-16(7-26)23(17-10-29-31-24(17)30-18)14-3-4-19-20(6-14)34-12-22(33)32(19)11-21-27-8-15(25)9-28-21/h3-4,6,8-10,13H,5,11-12H2,1-2H3,(H,29,30,31). The Morgan fingerprint density at radius 3 is 2.79 bits per heavy atom. The minimum Gasteiger partial charge on any atom is -0.482 e. The first-order valence-electron chi connectivity index (χ1n) is 10.7. The second-order valence-electron chi connectivity index (χ2n) is 8.42. The molecule has 1 aliphatic heterocycles. The molecular weight excluding hydrogens is 437 g/mol. The summed E-state index contributed by atoms with van der Waals surface area (Å²) in [5.74, 6) is 0.308. The Bertz CT molecular complexity index is 1440. The molecule has 0 atom stereocenters. The van der Waals surface area contributed by atoms with Gasteiger partial charge in [-0.25, -0.2) is 19.3 Å². The van der Waals surface area contributed by atoms with Crippen LogP contribution in [0.15, 0.2) is 36.8 Å². The van der Waals surface area contributed by atoms with Gasteiger partial charge in [0.15, 0.2) is 18.1 Å². The number of hydrogen-bond donors (Lipinski definition) is 1. The maximum absolute atomic E-state index is 13.2. The molecule has 1 aromatic carbocycles. The monoisotopic (exact) mass is 457 g/mol. The molecule has 1 N–H and O–H groups in total. The number of nitrogens with one attached hydrogen (secondary N) is 1. The Morgan fingerprint density at radius 2 is 2.06 bits per heavy atom. The molecule has 9 nitrogen and oxygen atoms in total. The molecule has 170 valence electrons. The summed E-state index contributed by atoms with van der Waals surface area (Å²) in [7, 11) is 0. The van der Waals surface area contributed by atoms with Gasteiger partial charge in [-0.15, -0.1) is 0 Å². The predicted molar refractivity (Wildman–Crippen MR) is 121 cm³/mol. The lowest BCUT2D eigenvalue weighted by atomic mass is 9.93. The number of nitriles is 1. The molecule has 0 radical (unpaired) electrons. The lowest BCUT2D eigenvalue weighted by Crippen LogP contribution is -2.38. The molecule has 10 heteroatoms. The molecule has 0 saturated heterocycles. The Hall–Kier alpha value is -4.39. The van der Waals surface area contributed by atoms with Crippen molar-refractivity contribution in [2.24, 2.45) is 5.92 Å². The van der Waals surface area contributed by atoms with Crippen molar-refractivity contribution in [2.75, 3.05) is 11.5 Å². The molecule has 0 aliphatic carbocycles. The SMILES string of the molecule is CC(C)Cc1nc2[nH]ncc2c(-c2ccc3c(c2)OCC(=O)N3Cc2ncc(F)cn2)c1C#N. The number of carbonyl (C=O) groups excluding carboxylic acids is 1. The average molecular weight is 457 g/mol. The van der Waals surface area contributed by atoms with Gasteiger partial charge < -0.3 is 4.74 Å². The quantitative estimate of drug-likeness (QED) is 0.486. The maximum atomic E-state index is 13.2. The summed E-state index contributed by atoms with van der Waals surface area (Å²) in [6.07, 6.45) is 4.43. The van der Waals surface area contributed by atoms with Crippen molar-refractivity contribution in [3.05, 3.63) is 59.7 Å². The number of pyridine rings is 1. The summed E-state index contributed by atoms with van der Waals surface area (Å²) in [5.41, 5.74) is 3.81. The van der Waals surface area contributed by atoms with Crippen LogP contribution in [0, 0.1) is 23.1 Å². The van der Waals surface area contributed by atoms with Gasteiger partial charge in [0.05, 0.1) is 42.1 Å². The van der Waals surface area contributed by atoms with E-state index in [4.69, 9.17) is 4.74 Å². The molecule has 4 heterocycles. The van der Waals surface area contributed by atoms with Crippen LogP contribution in [-0.4, -0.2) is 37.7 Å². The number of aromatic nitrogens is 5. The van der Waals surface area contributed by atoms with E-state index < -0.39 is 5.82 Å². The molecule has 34 heavy (non-hydrogen) atoms. The predicted octanol–water partition coefficient (Wildman–Crippen LogP) is 3.55. The van der Waals surface area contributed by atoms with Gasteiger partial charge in [0.2, 0.25) is 0 Å². The third kappa shape index (κ3) is 3.81. The van der Waals surface area contributed by atoms with Gasteiger partial charge in [-0.05, 0) is 30.0 Å². The van der Waals surface area contributed by atoms with E-state index in [0.717, 1.165) is 23.3 Å². The molecular formula is C24H20FN7O2. The summed E-state index contributed by atoms with van der Waals surface area (Å²) < 4.78 is 18.9. The number of benzene rings is 1. The number of amides is 1. The summed E-state index contributed by atoms with van der Waals surface area (Å²) in [6, 6.07) is 7.73. The number of anilines is 1. The second kappa shape index (κ2) is 8.51. The summed E-state index contributed by atoms with van der Waals surface area (Å²) in [6.45, 7) is 4.07. The van der Waals surface area contributed by atoms with Gasteiger partial charge >= 0.3 is 0 Å². The molecule has 1 amide bonds. The fraction of sp³-hybridized carbons (Fsp3) is 0.250. The highest BCUT2D eigenvalue weighted by atomic mass is 19.1. The molecule has 0 bridgehead atoms. The van der Waals surface area contributed by atoms with Gasteiger partial charge in [-0.3, -0.25) is 14.8 Å². The highest BCUT2D eigenvalue weighted by molar-refractivity contribution is 6.00. The minimum absolute atomic E-state index is 0.0814. The molecule has 1 aliphatic rings. The summed E-state index contributed by atoms with van der Waals surface area (Å²) in [4.78, 5) is 26.6. The highest BCUT2D eigenvalue weighted by Crippen LogP contribution is 2.40. The topological polar surface area (TPSA) is 121 Å². The molecule has 4 aromatic rings. The number of carbonyl (C=O) groups is 1. The van der Waals surface area contributed by atoms with Crippen LogP contribution in [-0.2, 0) is 17.8 Å². The van der Waals surface area contributed by atoms with Crippen molar-refractivity contribution < 1.29 is 13.9 Å². The van der Waals surface area contributed by atoms with Crippen LogP contribution in [0.25, 0.3) is 22.2 Å². The molecule has 5 rings (SSSR count). The largest absolute Gasteiger partial charge is 0.482 e. The van der Waals surface area contributed by atoms with E-state index in [0.29, 0.717) is 52.1 Å². The van der Waals surface area contributed by atoms with Crippen molar-refractivity contribution in [3.63, 3.8) is 0 Å². The van der Waals surface area contributed by atoms with E-state index in [1.165, 1.54) is 4.90 Å². The van der Waals surface area contributed by atoms with Crippen LogP contribution >= 0.6 is 0 Å². The van der Waals surface area contributed by atoms with Crippen molar-refractivity contribution in [1.29, 1.82) is 5.26 Å². The molecule has 3 aromatic heterocycles. The number of H-pyrrole nitrogens is 1. The van der Waals surface area contributed by atoms with Crippen molar-refractivity contribution in [1.82, 2.24) is 25.1 Å². The first-order chi connectivity index (χ1) is 16.4. The zero-order chi connectivity index (χ0) is 23.8. The fourth-order valence-electron chi connectivity index (χ4n) is 4.07. The normalized spacial score (nSPS) is 13.1. The number of hydrogen-bond acceptors (Lipinski definition) is 7. The number of rotatable bonds is 5. The van der Waals surface area contributed by atoms with E-state index in [1.54, 1.807) is 12.3 Å². The lowest BCUT2D eigenvalue weighted by molar-refractivity contribution is -0.121. The highest BCUT2D eigenvalue weighted by Gasteiger charge is 2.28. The smallest absolute Gasteiger partial charge is 0.265 e. The lowest BCUT2D eigenvalue weighted by Gasteiger charge is -2.29. The number of ether oxygens (including phenoxy) is 1. The van der Waals surface area contributed by atoms with Crippen LogP contribution in [0.4, 0.5) is 10.1 Å². The van der Waals surface area contributed by atoms with E-state index in [2.05, 4.69) is 45.1 Å². The van der Waals surface area contributed by atoms with Crippen molar-refractivity contribution in [2.45, 2.75) is 26.8 Å². The Kier molecular flexibility index (Phi) is 5.37. The van der Waals surface area contributed by atoms with Gasteiger partial charge in [-0.1, -0.05) is 19.9 Å². The second-order valence-corrected chi connectivity index (χ2v) is 8.42. The molecule has 0 saturated carbocycles. The average Bonchev–Trinajstić information content (AvgIpc) is 3.28. The molecule has 0 spiro atoms. The number of aromatic amines is 1. The Labute approximate surface area is 194 Å². The van der Waals surface area contributed by atoms with Crippen molar-refractivity contribution in [3.8, 4) is 22.9 Å². The zero-order valence-corrected chi connectivity index (χ0v) is 18.5. The van der Waals surface area contributed by atoms with E-state index >= 15 is 0 Å². The third-order valence-electron chi connectivity index (χ3n) is 5.55. The van der Waals surface area contributed by atoms with E-state index in [-0.39, 0.29) is 19.1 Å². The third-order valence-corrected chi connectivity index (χ3v) is 5.55. The van der Waals surface area contributed by atoms with Gasteiger partial charge in [-0.2, -0.15) is 10.4 Å². The number of halogens is 1. The number of nitrogens with zero attached hydrogens (tertiary/aromatic N) is 6. The Balaban J connectivity index is 1.60. The van der Waals surface area contributed by atoms with E-state index in [9.17, 15) is 14.4 Å². The van der Waals surface area contributed by atoms with E-state index in [1.807, 2.05) is 12.1 Å². The van der Waals surface area contributed by atoms with Crippen LogP contribution < -0.4 is 9.64 Å². The number of fused-ring (bicyclic) bond motifs is 2. The Morgan fingerprint density at radius 1 is 1.26 bits per heavy atom. The summed E-state index contributed by atoms with van der Waals surface area (Å²) in [5, 5.41) is 17.8. The fourth-order valence-corrected chi connectivity index (χ4v) is 4.07. The van der Waals surface area contributed by atoms with Gasteiger partial charge in [0.1, 0.15) is 17.6 Å².